The summed E-state index contributed by atoms with van der Waals surface area (Å²) in [5.74, 6) is -7.96. The first-order chi connectivity index (χ1) is 8.09. The highest BCUT2D eigenvalue weighted by atomic mass is 19.2. The van der Waals surface area contributed by atoms with Gasteiger partial charge in [-0.2, -0.15) is 22.5 Å². The lowest BCUT2D eigenvalue weighted by Gasteiger charge is -2.07. The van der Waals surface area contributed by atoms with E-state index in [0.29, 0.717) is 0 Å². The van der Waals surface area contributed by atoms with Crippen LogP contribution in [-0.2, 0) is 0 Å². The summed E-state index contributed by atoms with van der Waals surface area (Å²) in [6.07, 6.45) is 0. The first-order valence-electron chi connectivity index (χ1n) is 4.52. The number of aromatic nitrogens is 1. The Labute approximate surface area is 93.5 Å². The lowest BCUT2D eigenvalue weighted by Crippen LogP contribution is -2.03. The Hall–Kier alpha value is -2.11. The maximum Gasteiger partial charge on any atom is 0.255 e. The molecule has 0 saturated carbocycles. The van der Waals surface area contributed by atoms with E-state index in [-0.39, 0.29) is 5.75 Å². The summed E-state index contributed by atoms with van der Waals surface area (Å²) < 4.78 is 56.5. The molecule has 1 aromatic carbocycles. The van der Waals surface area contributed by atoms with E-state index in [9.17, 15) is 17.6 Å². The van der Waals surface area contributed by atoms with Crippen molar-refractivity contribution in [1.82, 2.24) is 4.98 Å². The van der Waals surface area contributed by atoms with Gasteiger partial charge >= 0.3 is 0 Å². The number of halogens is 4. The van der Waals surface area contributed by atoms with Crippen molar-refractivity contribution in [1.29, 1.82) is 0 Å². The van der Waals surface area contributed by atoms with Gasteiger partial charge in [-0.15, -0.1) is 0 Å². The van der Waals surface area contributed by atoms with Gasteiger partial charge in [0.05, 0.1) is 0 Å². The highest BCUT2D eigenvalue weighted by Gasteiger charge is 2.22. The second-order valence-corrected chi connectivity index (χ2v) is 3.07. The summed E-state index contributed by atoms with van der Waals surface area (Å²) in [4.78, 5) is 2.41. The predicted octanol–water partition coefficient (Wildman–Crippen LogP) is 3.43. The van der Waals surface area contributed by atoms with E-state index >= 15 is 0 Å². The Kier molecular flexibility index (Phi) is 2.95. The van der Waals surface area contributed by atoms with E-state index < -0.39 is 29.3 Å². The highest BCUT2D eigenvalue weighted by molar-refractivity contribution is 5.32. The first kappa shape index (κ1) is 11.4. The van der Waals surface area contributed by atoms with Gasteiger partial charge in [0.2, 0.25) is 17.4 Å². The molecule has 0 amide bonds. The van der Waals surface area contributed by atoms with Crippen LogP contribution in [0.4, 0.5) is 17.6 Å². The number of benzene rings is 1. The van der Waals surface area contributed by atoms with Crippen LogP contribution in [0.3, 0.4) is 0 Å². The molecule has 2 rings (SSSR count). The summed E-state index contributed by atoms with van der Waals surface area (Å²) in [6, 6.07) is 7.50. The number of para-hydroxylation sites is 1. The zero-order chi connectivity index (χ0) is 12.4. The van der Waals surface area contributed by atoms with Crippen LogP contribution in [0.1, 0.15) is 0 Å². The molecule has 0 aliphatic carbocycles. The molecule has 6 heteroatoms. The Morgan fingerprint density at radius 2 is 1.35 bits per heavy atom. The zero-order valence-corrected chi connectivity index (χ0v) is 8.25. The molecule has 0 aliphatic heterocycles. The molecule has 2 nitrogen and oxygen atoms in total. The van der Waals surface area contributed by atoms with Crippen molar-refractivity contribution in [2.24, 2.45) is 0 Å². The van der Waals surface area contributed by atoms with Crippen LogP contribution >= 0.6 is 0 Å². The number of hydrogen-bond donors (Lipinski definition) is 0. The molecule has 0 fully saturated rings. The summed E-state index contributed by atoms with van der Waals surface area (Å²) in [5, 5.41) is 0. The predicted molar refractivity (Wildman–Crippen MR) is 50.6 cm³/mol. The second-order valence-electron chi connectivity index (χ2n) is 3.07. The lowest BCUT2D eigenvalue weighted by atomic mass is 10.3. The van der Waals surface area contributed by atoms with Gasteiger partial charge in [0, 0.05) is 0 Å². The van der Waals surface area contributed by atoms with Crippen LogP contribution in [0.15, 0.2) is 30.3 Å². The minimum Gasteiger partial charge on any atom is -0.451 e. The molecular formula is C11H5F4NO. The first-order valence-corrected chi connectivity index (χ1v) is 4.52. The second kappa shape index (κ2) is 4.40. The summed E-state index contributed by atoms with van der Waals surface area (Å²) in [6.45, 7) is 0. The Morgan fingerprint density at radius 3 is 1.88 bits per heavy atom. The third-order valence-electron chi connectivity index (χ3n) is 1.92. The number of pyridine rings is 1. The third-order valence-corrected chi connectivity index (χ3v) is 1.92. The van der Waals surface area contributed by atoms with E-state index in [1.807, 2.05) is 0 Å². The van der Waals surface area contributed by atoms with Crippen molar-refractivity contribution in [2.45, 2.75) is 0 Å². The summed E-state index contributed by atoms with van der Waals surface area (Å²) in [7, 11) is 0. The normalized spacial score (nSPS) is 10.4. The smallest absolute Gasteiger partial charge is 0.255 e. The number of ether oxygens (including phenoxy) is 1. The Morgan fingerprint density at radius 1 is 0.824 bits per heavy atom. The van der Waals surface area contributed by atoms with E-state index in [1.165, 1.54) is 12.1 Å². The van der Waals surface area contributed by atoms with Gasteiger partial charge in [-0.05, 0) is 12.1 Å². The number of rotatable bonds is 2. The average Bonchev–Trinajstić information content (AvgIpc) is 2.33. The minimum atomic E-state index is -1.75. The van der Waals surface area contributed by atoms with Crippen LogP contribution in [-0.4, -0.2) is 4.98 Å². The molecule has 88 valence electrons. The fourth-order valence-electron chi connectivity index (χ4n) is 1.16. The van der Waals surface area contributed by atoms with Crippen LogP contribution < -0.4 is 4.74 Å². The molecule has 0 unspecified atom stereocenters. The molecule has 0 saturated heterocycles. The van der Waals surface area contributed by atoms with Gasteiger partial charge in [0.1, 0.15) is 5.75 Å². The molecule has 0 atom stereocenters. The van der Waals surface area contributed by atoms with Crippen molar-refractivity contribution in [3.63, 3.8) is 0 Å². The maximum atomic E-state index is 13.2. The molecular weight excluding hydrogens is 238 g/mol. The fraction of sp³-hybridized carbons (Fsp3) is 0. The van der Waals surface area contributed by atoms with Gasteiger partial charge in [-0.1, -0.05) is 18.2 Å². The fourth-order valence-corrected chi connectivity index (χ4v) is 1.16. The van der Waals surface area contributed by atoms with Crippen molar-refractivity contribution < 1.29 is 22.3 Å². The summed E-state index contributed by atoms with van der Waals surface area (Å²) >= 11 is 0. The van der Waals surface area contributed by atoms with E-state index in [4.69, 9.17) is 4.74 Å². The van der Waals surface area contributed by atoms with E-state index in [1.54, 1.807) is 18.2 Å². The molecule has 1 heterocycles. The summed E-state index contributed by atoms with van der Waals surface area (Å²) in [5.41, 5.74) is 0. The standard InChI is InChI=1S/C11H5F4NO/c12-7-9(8(13)11(15)16-10(7)14)17-6-4-2-1-3-5-6/h1-5H. The Balaban J connectivity index is 2.46. The van der Waals surface area contributed by atoms with Gasteiger partial charge in [-0.25, -0.2) is 0 Å². The van der Waals surface area contributed by atoms with Crippen LogP contribution in [0.5, 0.6) is 11.5 Å². The molecule has 0 radical (unpaired) electrons. The zero-order valence-electron chi connectivity index (χ0n) is 8.25. The maximum absolute atomic E-state index is 13.2. The van der Waals surface area contributed by atoms with Crippen molar-refractivity contribution in [3.8, 4) is 11.5 Å². The number of hydrogen-bond acceptors (Lipinski definition) is 2. The molecule has 0 spiro atoms. The monoisotopic (exact) mass is 243 g/mol. The molecule has 2 aromatic rings. The van der Waals surface area contributed by atoms with E-state index in [2.05, 4.69) is 4.98 Å². The SMILES string of the molecule is Fc1nc(F)c(F)c(Oc2ccccc2)c1F. The van der Waals surface area contributed by atoms with Crippen molar-refractivity contribution >= 4 is 0 Å². The van der Waals surface area contributed by atoms with Crippen LogP contribution in [0, 0.1) is 23.5 Å². The molecule has 0 aliphatic rings. The van der Waals surface area contributed by atoms with Crippen LogP contribution in [0.2, 0.25) is 0 Å². The Bertz CT molecular complexity index is 519. The third kappa shape index (κ3) is 2.20. The molecule has 0 N–H and O–H groups in total. The van der Waals surface area contributed by atoms with Crippen LogP contribution in [0.25, 0.3) is 0 Å². The number of nitrogens with zero attached hydrogens (tertiary/aromatic N) is 1. The average molecular weight is 243 g/mol. The minimum absolute atomic E-state index is 0.0512. The molecule has 17 heavy (non-hydrogen) atoms. The quantitative estimate of drug-likeness (QED) is 0.595. The topological polar surface area (TPSA) is 22.1 Å². The van der Waals surface area contributed by atoms with Gasteiger partial charge in [-0.3, -0.25) is 0 Å². The van der Waals surface area contributed by atoms with Crippen molar-refractivity contribution in [2.75, 3.05) is 0 Å². The largest absolute Gasteiger partial charge is 0.451 e. The molecule has 1 aromatic heterocycles. The van der Waals surface area contributed by atoms with Gasteiger partial charge < -0.3 is 4.74 Å². The highest BCUT2D eigenvalue weighted by Crippen LogP contribution is 2.29. The molecule has 0 bridgehead atoms. The van der Waals surface area contributed by atoms with Gasteiger partial charge in [0.25, 0.3) is 11.9 Å². The van der Waals surface area contributed by atoms with E-state index in [0.717, 1.165) is 0 Å². The lowest BCUT2D eigenvalue weighted by molar-refractivity contribution is 0.343. The van der Waals surface area contributed by atoms with Crippen molar-refractivity contribution in [3.05, 3.63) is 53.9 Å². The van der Waals surface area contributed by atoms with Gasteiger partial charge in [0.15, 0.2) is 0 Å².